The number of halogens is 1. The molecule has 3 aromatic rings. The largest absolute Gasteiger partial charge is 0.465 e. The predicted octanol–water partition coefficient (Wildman–Crippen LogP) is 3.71. The highest BCUT2D eigenvalue weighted by Crippen LogP contribution is 2.23. The Bertz CT molecular complexity index is 1100. The lowest BCUT2D eigenvalue weighted by Gasteiger charge is -2.13. The fourth-order valence-corrected chi connectivity index (χ4v) is 3.24. The molecule has 3 rings (SSSR count). The first kappa shape index (κ1) is 21.0. The number of methoxy groups -OCH3 is 1. The molecule has 0 saturated carbocycles. The molecule has 6 nitrogen and oxygen atoms in total. The number of hydrazone groups is 1. The molecule has 0 spiro atoms. The molecule has 0 unspecified atom stereocenters. The van der Waals surface area contributed by atoms with Gasteiger partial charge in [-0.2, -0.15) is 5.10 Å². The third kappa shape index (κ3) is 4.63. The molecular formula is C23H22FN3O3. The summed E-state index contributed by atoms with van der Waals surface area (Å²) in [6.07, 6.45) is 1.66. The van der Waals surface area contributed by atoms with Gasteiger partial charge in [-0.1, -0.05) is 24.3 Å². The van der Waals surface area contributed by atoms with Gasteiger partial charge in [0.1, 0.15) is 5.82 Å². The Kier molecular flexibility index (Phi) is 6.41. The van der Waals surface area contributed by atoms with Crippen LogP contribution >= 0.6 is 0 Å². The Hall–Kier alpha value is -3.74. The van der Waals surface area contributed by atoms with E-state index < -0.39 is 5.97 Å². The van der Waals surface area contributed by atoms with Gasteiger partial charge in [-0.3, -0.25) is 4.79 Å². The van der Waals surface area contributed by atoms with Crippen LogP contribution in [0.15, 0.2) is 59.7 Å². The van der Waals surface area contributed by atoms with Crippen LogP contribution in [0.4, 0.5) is 4.39 Å². The van der Waals surface area contributed by atoms with Gasteiger partial charge >= 0.3 is 5.97 Å². The van der Waals surface area contributed by atoms with Crippen LogP contribution in [0.25, 0.3) is 5.69 Å². The van der Waals surface area contributed by atoms with Crippen molar-refractivity contribution in [1.82, 2.24) is 9.99 Å². The number of amides is 1. The first-order valence-electron chi connectivity index (χ1n) is 9.33. The van der Waals surface area contributed by atoms with Crippen LogP contribution in [0.1, 0.15) is 32.9 Å². The van der Waals surface area contributed by atoms with Crippen molar-refractivity contribution in [2.45, 2.75) is 20.3 Å². The van der Waals surface area contributed by atoms with E-state index in [9.17, 15) is 14.0 Å². The molecule has 30 heavy (non-hydrogen) atoms. The number of para-hydroxylation sites is 1. The topological polar surface area (TPSA) is 72.7 Å². The molecule has 0 aliphatic carbocycles. The number of hydrogen-bond donors (Lipinski definition) is 1. The second-order valence-electron chi connectivity index (χ2n) is 6.77. The molecule has 0 atom stereocenters. The Balaban J connectivity index is 1.77. The summed E-state index contributed by atoms with van der Waals surface area (Å²) in [5.74, 6) is -1.06. The molecular weight excluding hydrogens is 385 g/mol. The summed E-state index contributed by atoms with van der Waals surface area (Å²) >= 11 is 0. The average Bonchev–Trinajstić information content (AvgIpc) is 3.02. The Morgan fingerprint density at radius 2 is 1.83 bits per heavy atom. The quantitative estimate of drug-likeness (QED) is 0.385. The van der Waals surface area contributed by atoms with Crippen molar-refractivity contribution in [1.29, 1.82) is 0 Å². The van der Waals surface area contributed by atoms with Crippen molar-refractivity contribution in [3.63, 3.8) is 0 Å². The highest BCUT2D eigenvalue weighted by molar-refractivity contribution is 5.94. The van der Waals surface area contributed by atoms with E-state index in [-0.39, 0.29) is 18.1 Å². The van der Waals surface area contributed by atoms with Gasteiger partial charge in [0, 0.05) is 17.0 Å². The highest BCUT2D eigenvalue weighted by atomic mass is 19.1. The van der Waals surface area contributed by atoms with Gasteiger partial charge in [0.25, 0.3) is 0 Å². The molecule has 0 radical (unpaired) electrons. The van der Waals surface area contributed by atoms with Gasteiger partial charge in [0.05, 0.1) is 31.0 Å². The summed E-state index contributed by atoms with van der Waals surface area (Å²) in [6.45, 7) is 3.83. The van der Waals surface area contributed by atoms with Crippen molar-refractivity contribution >= 4 is 18.1 Å². The summed E-state index contributed by atoms with van der Waals surface area (Å²) in [5.41, 5.74) is 6.91. The number of ether oxygens (including phenoxy) is 1. The average molecular weight is 407 g/mol. The molecule has 0 bridgehead atoms. The summed E-state index contributed by atoms with van der Waals surface area (Å²) in [7, 11) is 1.35. The second-order valence-corrected chi connectivity index (χ2v) is 6.77. The molecule has 0 fully saturated rings. The molecule has 0 aliphatic heterocycles. The molecule has 1 N–H and O–H groups in total. The van der Waals surface area contributed by atoms with E-state index in [1.54, 1.807) is 30.5 Å². The molecule has 1 heterocycles. The van der Waals surface area contributed by atoms with Crippen molar-refractivity contribution < 1.29 is 18.7 Å². The van der Waals surface area contributed by atoms with E-state index in [4.69, 9.17) is 4.74 Å². The smallest absolute Gasteiger partial charge is 0.339 e. The molecule has 1 amide bonds. The first-order chi connectivity index (χ1) is 14.4. The van der Waals surface area contributed by atoms with Gasteiger partial charge in [-0.15, -0.1) is 0 Å². The Labute approximate surface area is 174 Å². The third-order valence-electron chi connectivity index (χ3n) is 4.69. The molecule has 2 aromatic carbocycles. The van der Waals surface area contributed by atoms with E-state index >= 15 is 0 Å². The zero-order valence-corrected chi connectivity index (χ0v) is 17.0. The maximum Gasteiger partial charge on any atom is 0.339 e. The molecule has 0 aliphatic rings. The number of aromatic nitrogens is 1. The van der Waals surface area contributed by atoms with Gasteiger partial charge in [0.2, 0.25) is 5.91 Å². The zero-order valence-electron chi connectivity index (χ0n) is 17.0. The van der Waals surface area contributed by atoms with Crippen molar-refractivity contribution in [3.05, 3.63) is 88.5 Å². The Morgan fingerprint density at radius 3 is 2.53 bits per heavy atom. The van der Waals surface area contributed by atoms with E-state index in [1.807, 2.05) is 36.6 Å². The van der Waals surface area contributed by atoms with Crippen LogP contribution in [-0.2, 0) is 16.0 Å². The summed E-state index contributed by atoms with van der Waals surface area (Å²) in [6, 6.07) is 14.9. The maximum absolute atomic E-state index is 12.9. The van der Waals surface area contributed by atoms with Crippen molar-refractivity contribution in [2.24, 2.45) is 5.10 Å². The fourth-order valence-electron chi connectivity index (χ4n) is 3.24. The standard InChI is InChI=1S/C23H22FN3O3/c1-15-12-18(14-25-26-22(28)13-17-8-10-19(24)11-9-17)16(2)27(15)21-7-5-4-6-20(21)23(29)30-3/h4-12,14H,13H2,1-3H3,(H,26,28)/b25-14+. The minimum Gasteiger partial charge on any atom is -0.465 e. The lowest BCUT2D eigenvalue weighted by atomic mass is 10.1. The van der Waals surface area contributed by atoms with Crippen LogP contribution in [0, 0.1) is 19.7 Å². The van der Waals surface area contributed by atoms with Gasteiger partial charge < -0.3 is 9.30 Å². The molecule has 1 aromatic heterocycles. The Morgan fingerprint density at radius 1 is 1.13 bits per heavy atom. The van der Waals surface area contributed by atoms with Crippen LogP contribution < -0.4 is 5.43 Å². The fraction of sp³-hybridized carbons (Fsp3) is 0.174. The minimum atomic E-state index is -0.415. The van der Waals surface area contributed by atoms with Crippen LogP contribution in [-0.4, -0.2) is 29.8 Å². The highest BCUT2D eigenvalue weighted by Gasteiger charge is 2.17. The second kappa shape index (κ2) is 9.17. The number of rotatable bonds is 6. The normalized spacial score (nSPS) is 10.9. The number of aryl methyl sites for hydroxylation is 1. The van der Waals surface area contributed by atoms with E-state index in [1.165, 1.54) is 19.2 Å². The monoisotopic (exact) mass is 407 g/mol. The van der Waals surface area contributed by atoms with Crippen molar-refractivity contribution in [3.8, 4) is 5.69 Å². The predicted molar refractivity (Wildman–Crippen MR) is 112 cm³/mol. The first-order valence-corrected chi connectivity index (χ1v) is 9.33. The van der Waals surface area contributed by atoms with E-state index in [2.05, 4.69) is 10.5 Å². The zero-order chi connectivity index (χ0) is 21.7. The number of nitrogens with zero attached hydrogens (tertiary/aromatic N) is 2. The van der Waals surface area contributed by atoms with E-state index in [0.717, 1.165) is 17.0 Å². The number of hydrogen-bond acceptors (Lipinski definition) is 4. The number of carbonyl (C=O) groups excluding carboxylic acids is 2. The number of esters is 1. The van der Waals surface area contributed by atoms with Crippen molar-refractivity contribution in [2.75, 3.05) is 7.11 Å². The molecule has 7 heteroatoms. The van der Waals surface area contributed by atoms with Gasteiger partial charge in [0.15, 0.2) is 0 Å². The molecule has 154 valence electrons. The number of nitrogens with one attached hydrogen (secondary N) is 1. The lowest BCUT2D eigenvalue weighted by Crippen LogP contribution is -2.19. The summed E-state index contributed by atoms with van der Waals surface area (Å²) in [5, 5.41) is 4.03. The third-order valence-corrected chi connectivity index (χ3v) is 4.69. The lowest BCUT2D eigenvalue weighted by molar-refractivity contribution is -0.120. The maximum atomic E-state index is 12.9. The van der Waals surface area contributed by atoms with Crippen LogP contribution in [0.3, 0.4) is 0 Å². The van der Waals surface area contributed by atoms with Crippen LogP contribution in [0.2, 0.25) is 0 Å². The minimum absolute atomic E-state index is 0.100. The van der Waals surface area contributed by atoms with E-state index in [0.29, 0.717) is 16.8 Å². The number of carbonyl (C=O) groups is 2. The summed E-state index contributed by atoms with van der Waals surface area (Å²) in [4.78, 5) is 24.2. The number of benzene rings is 2. The summed E-state index contributed by atoms with van der Waals surface area (Å²) < 4.78 is 19.8. The molecule has 0 saturated heterocycles. The van der Waals surface area contributed by atoms with Gasteiger partial charge in [-0.25, -0.2) is 14.6 Å². The SMILES string of the molecule is COC(=O)c1ccccc1-n1c(C)cc(/C=N/NC(=O)Cc2ccc(F)cc2)c1C. The van der Waals surface area contributed by atoms with Crippen LogP contribution in [0.5, 0.6) is 0 Å². The van der Waals surface area contributed by atoms with Gasteiger partial charge in [-0.05, 0) is 49.7 Å².